The lowest BCUT2D eigenvalue weighted by Crippen LogP contribution is -2.19. The van der Waals surface area contributed by atoms with E-state index in [1.807, 2.05) is 26.0 Å². The van der Waals surface area contributed by atoms with E-state index in [0.29, 0.717) is 11.8 Å². The molecule has 28 heavy (non-hydrogen) atoms. The highest BCUT2D eigenvalue weighted by Gasteiger charge is 2.25. The van der Waals surface area contributed by atoms with Gasteiger partial charge in [0.1, 0.15) is 5.75 Å². The molecule has 1 aromatic carbocycles. The molecule has 1 aliphatic heterocycles. The Hall–Kier alpha value is -2.61. The molecular weight excluding hydrogens is 378 g/mol. The van der Waals surface area contributed by atoms with Gasteiger partial charge >= 0.3 is 5.97 Å². The molecule has 1 aliphatic rings. The van der Waals surface area contributed by atoms with E-state index in [9.17, 15) is 9.59 Å². The smallest absolute Gasteiger partial charge is 0.331 e. The number of hydrogen-bond donors (Lipinski definition) is 1. The highest BCUT2D eigenvalue weighted by molar-refractivity contribution is 8.18. The van der Waals surface area contributed by atoms with Gasteiger partial charge in [0, 0.05) is 11.6 Å². The van der Waals surface area contributed by atoms with Crippen LogP contribution in [-0.2, 0) is 14.3 Å². The molecule has 1 N–H and O–H groups in total. The molecule has 2 rings (SSSR count). The molecule has 0 spiro atoms. The Bertz CT molecular complexity index is 808. The number of methoxy groups -OCH3 is 1. The summed E-state index contributed by atoms with van der Waals surface area (Å²) in [5.74, 6) is -0.141. The maximum Gasteiger partial charge on any atom is 0.331 e. The zero-order valence-electron chi connectivity index (χ0n) is 16.6. The summed E-state index contributed by atoms with van der Waals surface area (Å²) < 4.78 is 10.3. The van der Waals surface area contributed by atoms with Crippen LogP contribution in [0.15, 0.2) is 33.3 Å². The van der Waals surface area contributed by atoms with Crippen LogP contribution in [0.25, 0.3) is 0 Å². The predicted molar refractivity (Wildman–Crippen MR) is 112 cm³/mol. The molecule has 1 saturated heterocycles. The lowest BCUT2D eigenvalue weighted by Gasteiger charge is -2.10. The summed E-state index contributed by atoms with van der Waals surface area (Å²) in [6.07, 6.45) is 6.14. The van der Waals surface area contributed by atoms with Gasteiger partial charge < -0.3 is 9.47 Å². The van der Waals surface area contributed by atoms with Crippen molar-refractivity contribution in [2.45, 2.75) is 40.0 Å². The van der Waals surface area contributed by atoms with Gasteiger partial charge in [-0.15, -0.1) is 5.10 Å². The first kappa shape index (κ1) is 21.7. The van der Waals surface area contributed by atoms with Crippen LogP contribution in [0.1, 0.15) is 42.9 Å². The first-order chi connectivity index (χ1) is 13.4. The van der Waals surface area contributed by atoms with Gasteiger partial charge in [0.2, 0.25) is 0 Å². The van der Waals surface area contributed by atoms with Crippen LogP contribution >= 0.6 is 11.8 Å². The van der Waals surface area contributed by atoms with Crippen molar-refractivity contribution in [3.8, 4) is 5.75 Å². The lowest BCUT2D eigenvalue weighted by molar-refractivity contribution is -0.135. The second kappa shape index (κ2) is 10.7. The molecule has 8 heteroatoms. The summed E-state index contributed by atoms with van der Waals surface area (Å²) >= 11 is 1.04. The van der Waals surface area contributed by atoms with Crippen LogP contribution in [0.4, 0.5) is 0 Å². The van der Waals surface area contributed by atoms with Crippen molar-refractivity contribution in [2.24, 2.45) is 10.2 Å². The van der Waals surface area contributed by atoms with E-state index in [1.165, 1.54) is 7.11 Å². The van der Waals surface area contributed by atoms with Crippen LogP contribution in [0, 0.1) is 13.8 Å². The molecule has 150 valence electrons. The predicted octanol–water partition coefficient (Wildman–Crippen LogP) is 3.48. The second-order valence-electron chi connectivity index (χ2n) is 6.26. The third-order valence-corrected chi connectivity index (χ3v) is 4.92. The first-order valence-electron chi connectivity index (χ1n) is 9.08. The monoisotopic (exact) mass is 403 g/mol. The standard InChI is InChI=1S/C20H25N3O4S/c1-5-6-7-8-27-15-9-13(2)16(14(3)10-15)12-21-23-20-22-19(25)17(28-20)11-18(24)26-4/h9-12H,5-8H2,1-4H3,(H,22,23,25)/b17-11+,21-12?. The number of hydrogen-bond acceptors (Lipinski definition) is 7. The van der Waals surface area contributed by atoms with Gasteiger partial charge in [-0.1, -0.05) is 19.8 Å². The number of nitrogens with one attached hydrogen (secondary N) is 1. The van der Waals surface area contributed by atoms with Crippen molar-refractivity contribution < 1.29 is 19.1 Å². The molecule has 1 aromatic rings. The topological polar surface area (TPSA) is 89.4 Å². The summed E-state index contributed by atoms with van der Waals surface area (Å²) in [7, 11) is 1.25. The van der Waals surface area contributed by atoms with Crippen LogP contribution < -0.4 is 10.1 Å². The average Bonchev–Trinajstić information content (AvgIpc) is 3.00. The Morgan fingerprint density at radius 2 is 1.96 bits per heavy atom. The van der Waals surface area contributed by atoms with Crippen molar-refractivity contribution in [1.82, 2.24) is 5.32 Å². The number of esters is 1. The second-order valence-corrected chi connectivity index (χ2v) is 7.29. The van der Waals surface area contributed by atoms with E-state index in [4.69, 9.17) is 4.74 Å². The van der Waals surface area contributed by atoms with Crippen molar-refractivity contribution in [3.63, 3.8) is 0 Å². The third-order valence-electron chi connectivity index (χ3n) is 4.02. The molecule has 0 bridgehead atoms. The molecule has 1 heterocycles. The number of amidine groups is 1. The van der Waals surface area contributed by atoms with E-state index in [2.05, 4.69) is 27.2 Å². The molecule has 0 unspecified atom stereocenters. The molecule has 0 aliphatic carbocycles. The van der Waals surface area contributed by atoms with Crippen molar-refractivity contribution in [3.05, 3.63) is 39.8 Å². The molecule has 1 amide bonds. The van der Waals surface area contributed by atoms with E-state index in [1.54, 1.807) is 6.21 Å². The maximum absolute atomic E-state index is 11.8. The summed E-state index contributed by atoms with van der Waals surface area (Å²) in [5.41, 5.74) is 3.01. The number of aryl methyl sites for hydroxylation is 2. The minimum absolute atomic E-state index is 0.220. The fourth-order valence-corrected chi connectivity index (χ4v) is 3.28. The van der Waals surface area contributed by atoms with Gasteiger partial charge in [-0.3, -0.25) is 10.1 Å². The highest BCUT2D eigenvalue weighted by Crippen LogP contribution is 2.24. The molecular formula is C20H25N3O4S. The van der Waals surface area contributed by atoms with Crippen LogP contribution in [0.2, 0.25) is 0 Å². The van der Waals surface area contributed by atoms with Gasteiger partial charge in [0.05, 0.1) is 24.8 Å². The number of carbonyl (C=O) groups excluding carboxylic acids is 2. The van der Waals surface area contributed by atoms with E-state index in [0.717, 1.165) is 59.5 Å². The molecule has 0 radical (unpaired) electrons. The fraction of sp³-hybridized carbons (Fsp3) is 0.400. The van der Waals surface area contributed by atoms with Gasteiger partial charge in [0.15, 0.2) is 5.17 Å². The Kier molecular flexibility index (Phi) is 8.25. The molecule has 0 saturated carbocycles. The molecule has 0 aromatic heterocycles. The summed E-state index contributed by atoms with van der Waals surface area (Å²) in [6.45, 7) is 6.86. The minimum Gasteiger partial charge on any atom is -0.494 e. The van der Waals surface area contributed by atoms with Gasteiger partial charge in [-0.2, -0.15) is 5.10 Å². The molecule has 1 fully saturated rings. The number of nitrogens with zero attached hydrogens (tertiary/aromatic N) is 2. The number of carbonyl (C=O) groups is 2. The Morgan fingerprint density at radius 3 is 2.61 bits per heavy atom. The average molecular weight is 404 g/mol. The zero-order valence-corrected chi connectivity index (χ0v) is 17.4. The summed E-state index contributed by atoms with van der Waals surface area (Å²) in [6, 6.07) is 3.97. The number of benzene rings is 1. The number of rotatable bonds is 8. The molecule has 7 nitrogen and oxygen atoms in total. The largest absolute Gasteiger partial charge is 0.494 e. The number of ether oxygens (including phenoxy) is 2. The zero-order chi connectivity index (χ0) is 20.5. The number of unbranched alkanes of at least 4 members (excludes halogenated alkanes) is 2. The Balaban J connectivity index is 2.04. The Morgan fingerprint density at radius 1 is 1.25 bits per heavy atom. The fourth-order valence-electron chi connectivity index (χ4n) is 2.54. The highest BCUT2D eigenvalue weighted by atomic mass is 32.2. The quantitative estimate of drug-likeness (QED) is 0.236. The van der Waals surface area contributed by atoms with Crippen molar-refractivity contribution in [1.29, 1.82) is 0 Å². The van der Waals surface area contributed by atoms with Crippen molar-refractivity contribution in [2.75, 3.05) is 13.7 Å². The first-order valence-corrected chi connectivity index (χ1v) is 9.90. The Labute approximate surface area is 169 Å². The van der Waals surface area contributed by atoms with E-state index >= 15 is 0 Å². The number of thioether (sulfide) groups is 1. The van der Waals surface area contributed by atoms with Gasteiger partial charge in [-0.05, 0) is 55.3 Å². The third kappa shape index (κ3) is 6.23. The normalized spacial score (nSPS) is 16.8. The number of amides is 1. The van der Waals surface area contributed by atoms with Crippen molar-refractivity contribution >= 4 is 35.0 Å². The summed E-state index contributed by atoms with van der Waals surface area (Å²) in [5, 5.41) is 11.0. The minimum atomic E-state index is -0.592. The van der Waals surface area contributed by atoms with Gasteiger partial charge in [0.25, 0.3) is 5.91 Å². The summed E-state index contributed by atoms with van der Waals surface area (Å²) in [4.78, 5) is 23.3. The maximum atomic E-state index is 11.8. The molecule has 0 atom stereocenters. The van der Waals surface area contributed by atoms with Crippen LogP contribution in [-0.4, -0.2) is 37.0 Å². The van der Waals surface area contributed by atoms with Crippen LogP contribution in [0.5, 0.6) is 5.75 Å². The van der Waals surface area contributed by atoms with Crippen LogP contribution in [0.3, 0.4) is 0 Å². The van der Waals surface area contributed by atoms with E-state index in [-0.39, 0.29) is 4.91 Å². The lowest BCUT2D eigenvalue weighted by atomic mass is 10.0. The van der Waals surface area contributed by atoms with Gasteiger partial charge in [-0.25, -0.2) is 4.79 Å². The SMILES string of the molecule is CCCCCOc1cc(C)c(C=N/N=C2/NC(=O)/C(=C\C(=O)OC)S2)c(C)c1. The van der Waals surface area contributed by atoms with E-state index < -0.39 is 11.9 Å².